The van der Waals surface area contributed by atoms with E-state index < -0.39 is 75.9 Å². The SMILES string of the molecule is CO[C@@H](C)c1ncccc1-c1c2c3cc(ccc3n1CC(F)(F)F)-c1csc(n1)C[C@H](NC(=O)[C@H](C(C)C)N(C)C(=O)[C@H]1C[C@H](/C=C/S(C)(=O)=O)C1)C(=O)N1CCC[C@H](N1)C(=O)OCC(C)(C)C2. The van der Waals surface area contributed by atoms with E-state index in [9.17, 15) is 40.8 Å². The number of amides is 3. The van der Waals surface area contributed by atoms with E-state index in [4.69, 9.17) is 14.5 Å². The van der Waals surface area contributed by atoms with E-state index in [-0.39, 0.29) is 43.7 Å². The molecular weight excluding hydrogens is 924 g/mol. The Labute approximate surface area is 398 Å². The first kappa shape index (κ1) is 50.7. The Morgan fingerprint density at radius 1 is 1.16 bits per heavy atom. The van der Waals surface area contributed by atoms with Crippen LogP contribution in [-0.2, 0) is 57.9 Å². The average molecular weight is 984 g/mol. The number of benzene rings is 1. The molecule has 2 aliphatic heterocycles. The second-order valence-electron chi connectivity index (χ2n) is 19.5. The molecule has 4 aromatic rings. The fourth-order valence-corrected chi connectivity index (χ4v) is 10.8. The number of ether oxygens (including phenoxy) is 2. The number of allylic oxidation sites excluding steroid dienone is 1. The molecule has 3 aromatic heterocycles. The number of hydrogen-bond donors (Lipinski definition) is 2. The van der Waals surface area contributed by atoms with E-state index in [0.717, 1.165) is 11.7 Å². The van der Waals surface area contributed by atoms with Crippen molar-refractivity contribution in [2.75, 3.05) is 33.6 Å². The molecule has 0 spiro atoms. The number of esters is 1. The molecule has 68 heavy (non-hydrogen) atoms. The number of nitrogens with zero attached hydrogens (tertiary/aromatic N) is 5. The van der Waals surface area contributed by atoms with Crippen molar-refractivity contribution in [2.24, 2.45) is 23.2 Å². The first-order valence-corrected chi connectivity index (χ1v) is 25.6. The number of cyclic esters (lactones) is 1. The topological polar surface area (TPSA) is 182 Å². The normalized spacial score (nSPS) is 22.4. The van der Waals surface area contributed by atoms with Crippen LogP contribution in [0.15, 0.2) is 53.4 Å². The van der Waals surface area contributed by atoms with Gasteiger partial charge in [0.2, 0.25) is 11.8 Å². The number of fused-ring (bicyclic) bond motifs is 6. The second kappa shape index (κ2) is 20.0. The zero-order valence-electron chi connectivity index (χ0n) is 39.6. The van der Waals surface area contributed by atoms with Gasteiger partial charge in [-0.1, -0.05) is 39.8 Å². The van der Waals surface area contributed by atoms with Crippen LogP contribution >= 0.6 is 11.3 Å². The Kier molecular flexibility index (Phi) is 14.9. The molecule has 7 rings (SSSR count). The van der Waals surface area contributed by atoms with E-state index in [1.807, 2.05) is 19.9 Å². The van der Waals surface area contributed by atoms with Crippen LogP contribution in [0.25, 0.3) is 33.4 Å². The van der Waals surface area contributed by atoms with E-state index in [1.165, 1.54) is 32.9 Å². The molecule has 1 saturated carbocycles. The van der Waals surface area contributed by atoms with Gasteiger partial charge in [-0.2, -0.15) is 13.2 Å². The second-order valence-corrected chi connectivity index (χ2v) is 22.3. The number of methoxy groups -OCH3 is 1. The van der Waals surface area contributed by atoms with Crippen LogP contribution in [0.4, 0.5) is 13.2 Å². The molecule has 5 heterocycles. The lowest BCUT2D eigenvalue weighted by atomic mass is 9.74. The van der Waals surface area contributed by atoms with Gasteiger partial charge in [0.1, 0.15) is 24.7 Å². The summed E-state index contributed by atoms with van der Waals surface area (Å²) in [7, 11) is -0.259. The molecule has 0 unspecified atom stereocenters. The van der Waals surface area contributed by atoms with Crippen molar-refractivity contribution in [1.82, 2.24) is 35.2 Å². The molecule has 0 radical (unpaired) electrons. The molecule has 1 aromatic carbocycles. The van der Waals surface area contributed by atoms with Gasteiger partial charge in [-0.05, 0) is 80.7 Å². The summed E-state index contributed by atoms with van der Waals surface area (Å²) in [5, 5.41) is 8.21. The first-order chi connectivity index (χ1) is 31.9. The van der Waals surface area contributed by atoms with Gasteiger partial charge in [0, 0.05) is 83.7 Å². The Morgan fingerprint density at radius 3 is 2.57 bits per heavy atom. The summed E-state index contributed by atoms with van der Waals surface area (Å²) in [5.41, 5.74) is 5.52. The Balaban J connectivity index is 1.28. The maximum Gasteiger partial charge on any atom is 0.406 e. The van der Waals surface area contributed by atoms with Gasteiger partial charge in [-0.25, -0.2) is 18.8 Å². The largest absolute Gasteiger partial charge is 0.464 e. The Hall–Kier alpha value is -5.18. The Bertz CT molecular complexity index is 2690. The lowest BCUT2D eigenvalue weighted by Gasteiger charge is -2.39. The molecule has 1 aliphatic carbocycles. The number of hydrazine groups is 1. The standard InChI is InChI=1S/C48H60F3N7O8S2/c1-27(2)41(56(6)44(60)31-19-29(20-31)15-18-68(8,63)64)43(59)54-36-22-39-53-37(24-67-39)30-13-14-38-33(21-30)34(23-47(4,5)26-66-46(62)35-12-10-17-58(55-35)45(36)61)42(57(38)25-48(49,50)51)32-11-9-16-52-40(32)28(3)65-7/h9,11,13-16,18,21,24,27-29,31,35-36,41,55H,10,12,17,19-20,22-23,25-26H2,1-8H3,(H,54,59)/b18-15+/t28-,29-,31-,35-,36-,41-/m0/s1. The minimum Gasteiger partial charge on any atom is -0.464 e. The van der Waals surface area contributed by atoms with Crippen LogP contribution in [0.3, 0.4) is 0 Å². The van der Waals surface area contributed by atoms with Crippen LogP contribution < -0.4 is 10.7 Å². The van der Waals surface area contributed by atoms with E-state index in [1.54, 1.807) is 69.7 Å². The van der Waals surface area contributed by atoms with Crippen molar-refractivity contribution in [3.63, 3.8) is 0 Å². The van der Waals surface area contributed by atoms with Gasteiger partial charge in [0.05, 0.1) is 34.8 Å². The molecule has 2 N–H and O–H groups in total. The lowest BCUT2D eigenvalue weighted by Crippen LogP contribution is -2.62. The third kappa shape index (κ3) is 11.5. The van der Waals surface area contributed by atoms with Crippen LogP contribution in [0.2, 0.25) is 0 Å². The number of aromatic nitrogens is 3. The van der Waals surface area contributed by atoms with Crippen LogP contribution in [0.5, 0.6) is 0 Å². The maximum atomic E-state index is 14.6. The molecule has 1 saturated heterocycles. The zero-order valence-corrected chi connectivity index (χ0v) is 41.2. The number of sulfone groups is 1. The minimum atomic E-state index is -4.60. The van der Waals surface area contributed by atoms with E-state index in [0.29, 0.717) is 75.4 Å². The maximum absolute atomic E-state index is 14.6. The van der Waals surface area contributed by atoms with Crippen LogP contribution in [0, 0.1) is 23.2 Å². The third-order valence-corrected chi connectivity index (χ3v) is 14.5. The summed E-state index contributed by atoms with van der Waals surface area (Å²) >= 11 is 1.25. The van der Waals surface area contributed by atoms with Crippen molar-refractivity contribution in [3.05, 3.63) is 69.7 Å². The first-order valence-electron chi connectivity index (χ1n) is 22.8. The zero-order chi connectivity index (χ0) is 49.5. The average Bonchev–Trinajstić information content (AvgIpc) is 3.84. The van der Waals surface area contributed by atoms with Gasteiger partial charge < -0.3 is 24.3 Å². The number of nitrogens with one attached hydrogen (secondary N) is 2. The highest BCUT2D eigenvalue weighted by Gasteiger charge is 2.42. The lowest BCUT2D eigenvalue weighted by molar-refractivity contribution is -0.155. The van der Waals surface area contributed by atoms with Gasteiger partial charge in [0.15, 0.2) is 9.84 Å². The molecule has 6 bridgehead atoms. The minimum absolute atomic E-state index is 0.0583. The summed E-state index contributed by atoms with van der Waals surface area (Å²) in [5.74, 6) is -2.84. The molecule has 3 amide bonds. The number of carbonyl (C=O) groups is 4. The summed E-state index contributed by atoms with van der Waals surface area (Å²) in [4.78, 5) is 67.4. The number of likely N-dealkylation sites (N-methyl/N-ethyl adjacent to an activating group) is 1. The highest BCUT2D eigenvalue weighted by molar-refractivity contribution is 7.93. The van der Waals surface area contributed by atoms with Crippen molar-refractivity contribution >= 4 is 55.8 Å². The number of rotatable bonds is 11. The van der Waals surface area contributed by atoms with E-state index >= 15 is 0 Å². The van der Waals surface area contributed by atoms with Gasteiger partial charge in [0.25, 0.3) is 5.91 Å². The van der Waals surface area contributed by atoms with Gasteiger partial charge in [-0.15, -0.1) is 11.3 Å². The van der Waals surface area contributed by atoms with Crippen molar-refractivity contribution < 1.29 is 50.2 Å². The summed E-state index contributed by atoms with van der Waals surface area (Å²) in [6.45, 7) is 7.97. The van der Waals surface area contributed by atoms with E-state index in [2.05, 4.69) is 15.7 Å². The predicted octanol–water partition coefficient (Wildman–Crippen LogP) is 6.81. The predicted molar refractivity (Wildman–Crippen MR) is 251 cm³/mol. The van der Waals surface area contributed by atoms with Crippen molar-refractivity contribution in [1.29, 1.82) is 0 Å². The molecular formula is C48H60F3N7O8S2. The third-order valence-electron chi connectivity index (χ3n) is 13.0. The number of hydrogen-bond acceptors (Lipinski definition) is 12. The number of alkyl halides is 3. The van der Waals surface area contributed by atoms with Crippen LogP contribution in [0.1, 0.15) is 82.7 Å². The molecule has 2 fully saturated rings. The Morgan fingerprint density at radius 2 is 1.90 bits per heavy atom. The highest BCUT2D eigenvalue weighted by atomic mass is 32.2. The molecule has 368 valence electrons. The smallest absolute Gasteiger partial charge is 0.406 e. The molecule has 20 heteroatoms. The molecule has 4 atom stereocenters. The van der Waals surface area contributed by atoms with Crippen molar-refractivity contribution in [3.8, 4) is 22.5 Å². The van der Waals surface area contributed by atoms with Gasteiger partial charge in [-0.3, -0.25) is 29.2 Å². The quantitative estimate of drug-likeness (QED) is 0.151. The number of pyridine rings is 1. The molecule has 15 nitrogen and oxygen atoms in total. The molecule has 3 aliphatic rings. The fourth-order valence-electron chi connectivity index (χ4n) is 9.46. The number of thiazole rings is 1. The number of carbonyl (C=O) groups excluding carboxylic acids is 4. The number of halogens is 3. The monoisotopic (exact) mass is 983 g/mol. The van der Waals surface area contributed by atoms with Gasteiger partial charge >= 0.3 is 12.1 Å². The highest BCUT2D eigenvalue weighted by Crippen LogP contribution is 2.43. The fraction of sp³-hybridized carbons (Fsp3) is 0.542. The summed E-state index contributed by atoms with van der Waals surface area (Å²) in [6, 6.07) is 5.50. The van der Waals surface area contributed by atoms with Crippen LogP contribution in [-0.4, -0.2) is 114 Å². The summed E-state index contributed by atoms with van der Waals surface area (Å²) in [6.07, 6.45) is 0.905. The van der Waals surface area contributed by atoms with Crippen molar-refractivity contribution in [2.45, 2.75) is 110 Å². The summed E-state index contributed by atoms with van der Waals surface area (Å²) < 4.78 is 80.1.